The van der Waals surface area contributed by atoms with Crippen molar-refractivity contribution in [3.05, 3.63) is 11.6 Å². The van der Waals surface area contributed by atoms with Gasteiger partial charge < -0.3 is 0 Å². The van der Waals surface area contributed by atoms with Gasteiger partial charge in [-0.3, -0.25) is 4.79 Å². The molecule has 0 aliphatic heterocycles. The summed E-state index contributed by atoms with van der Waals surface area (Å²) < 4.78 is 0. The number of hydrogen-bond acceptors (Lipinski definition) is 2. The molecule has 0 heterocycles. The van der Waals surface area contributed by atoms with E-state index in [1.165, 1.54) is 6.08 Å². The molecule has 0 unspecified atom stereocenters. The van der Waals surface area contributed by atoms with E-state index in [4.69, 9.17) is 16.9 Å². The SMILES string of the molecule is C/C=C(\C#N)C(=O)Cl. The van der Waals surface area contributed by atoms with E-state index in [1.807, 2.05) is 0 Å². The van der Waals surface area contributed by atoms with Gasteiger partial charge in [0.05, 0.1) is 0 Å². The minimum Gasteiger partial charge on any atom is -0.275 e. The number of allylic oxidation sites excluding steroid dienone is 2. The van der Waals surface area contributed by atoms with Crippen molar-refractivity contribution >= 4 is 16.8 Å². The van der Waals surface area contributed by atoms with Gasteiger partial charge in [-0.2, -0.15) is 5.26 Å². The molecular formula is C5H4ClNO. The van der Waals surface area contributed by atoms with Crippen molar-refractivity contribution in [2.24, 2.45) is 0 Å². The molecular weight excluding hydrogens is 126 g/mol. The maximum Gasteiger partial charge on any atom is 0.262 e. The lowest BCUT2D eigenvalue weighted by Gasteiger charge is -1.79. The Hall–Kier alpha value is -0.810. The summed E-state index contributed by atoms with van der Waals surface area (Å²) in [6, 6.07) is 1.63. The number of hydrogen-bond donors (Lipinski definition) is 0. The second-order valence-electron chi connectivity index (χ2n) is 1.09. The molecule has 0 fully saturated rings. The highest BCUT2D eigenvalue weighted by Crippen LogP contribution is 1.96. The Morgan fingerprint density at radius 2 is 2.38 bits per heavy atom. The molecule has 0 radical (unpaired) electrons. The average Bonchev–Trinajstić information content (AvgIpc) is 1.69. The fourth-order valence-electron chi connectivity index (χ4n) is 0.222. The molecule has 0 rings (SSSR count). The minimum atomic E-state index is -0.699. The van der Waals surface area contributed by atoms with Crippen LogP contribution in [-0.4, -0.2) is 5.24 Å². The Bertz CT molecular complexity index is 166. The summed E-state index contributed by atoms with van der Waals surface area (Å²) in [7, 11) is 0. The van der Waals surface area contributed by atoms with Crippen molar-refractivity contribution in [1.29, 1.82) is 5.26 Å². The van der Waals surface area contributed by atoms with Crippen LogP contribution >= 0.6 is 11.6 Å². The topological polar surface area (TPSA) is 40.9 Å². The first-order valence-electron chi connectivity index (χ1n) is 1.98. The predicted molar refractivity (Wildman–Crippen MR) is 30.2 cm³/mol. The van der Waals surface area contributed by atoms with Crippen molar-refractivity contribution in [1.82, 2.24) is 0 Å². The largest absolute Gasteiger partial charge is 0.275 e. The van der Waals surface area contributed by atoms with Crippen LogP contribution in [0.5, 0.6) is 0 Å². The third kappa shape index (κ3) is 1.76. The van der Waals surface area contributed by atoms with Crippen LogP contribution in [0.1, 0.15) is 6.92 Å². The summed E-state index contributed by atoms with van der Waals surface area (Å²) in [5, 5.41) is 7.37. The van der Waals surface area contributed by atoms with E-state index >= 15 is 0 Å². The number of rotatable bonds is 1. The highest BCUT2D eigenvalue weighted by molar-refractivity contribution is 6.68. The zero-order valence-electron chi connectivity index (χ0n) is 4.31. The fourth-order valence-corrected chi connectivity index (χ4v) is 0.373. The first kappa shape index (κ1) is 7.19. The van der Waals surface area contributed by atoms with Crippen LogP contribution in [0.25, 0.3) is 0 Å². The Balaban J connectivity index is 4.20. The summed E-state index contributed by atoms with van der Waals surface area (Å²) in [6.07, 6.45) is 1.37. The number of carbonyl (C=O) groups excluding carboxylic acids is 1. The zero-order chi connectivity index (χ0) is 6.57. The van der Waals surface area contributed by atoms with Gasteiger partial charge in [0.1, 0.15) is 11.6 Å². The Morgan fingerprint density at radius 3 is 2.38 bits per heavy atom. The van der Waals surface area contributed by atoms with Gasteiger partial charge in [-0.25, -0.2) is 0 Å². The number of nitrogens with zero attached hydrogens (tertiary/aromatic N) is 1. The molecule has 0 aromatic carbocycles. The monoisotopic (exact) mass is 129 g/mol. The lowest BCUT2D eigenvalue weighted by Crippen LogP contribution is -1.87. The average molecular weight is 130 g/mol. The van der Waals surface area contributed by atoms with E-state index in [0.717, 1.165) is 0 Å². The standard InChI is InChI=1S/C5H4ClNO/c1-2-4(3-7)5(6)8/h2H,1H3/b4-2+. The van der Waals surface area contributed by atoms with Crippen molar-refractivity contribution in [2.45, 2.75) is 6.92 Å². The molecule has 0 N–H and O–H groups in total. The Kier molecular flexibility index (Phi) is 2.90. The number of nitriles is 1. The van der Waals surface area contributed by atoms with Crippen molar-refractivity contribution in [3.63, 3.8) is 0 Å². The van der Waals surface area contributed by atoms with Crippen LogP contribution in [0, 0.1) is 11.3 Å². The smallest absolute Gasteiger partial charge is 0.262 e. The van der Waals surface area contributed by atoms with E-state index in [2.05, 4.69) is 0 Å². The van der Waals surface area contributed by atoms with Gasteiger partial charge in [-0.1, -0.05) is 6.08 Å². The second kappa shape index (κ2) is 3.23. The predicted octanol–water partition coefficient (Wildman–Crippen LogP) is 1.22. The van der Waals surface area contributed by atoms with E-state index in [9.17, 15) is 4.79 Å². The molecule has 3 heteroatoms. The third-order valence-electron chi connectivity index (χ3n) is 0.621. The molecule has 0 aliphatic carbocycles. The highest BCUT2D eigenvalue weighted by Gasteiger charge is 1.99. The van der Waals surface area contributed by atoms with Gasteiger partial charge in [-0.15, -0.1) is 0 Å². The molecule has 2 nitrogen and oxygen atoms in total. The number of carbonyl (C=O) groups is 1. The number of halogens is 1. The molecule has 0 amide bonds. The van der Waals surface area contributed by atoms with Crippen LogP contribution < -0.4 is 0 Å². The van der Waals surface area contributed by atoms with Crippen molar-refractivity contribution in [2.75, 3.05) is 0 Å². The molecule has 0 aromatic rings. The van der Waals surface area contributed by atoms with E-state index < -0.39 is 5.24 Å². The van der Waals surface area contributed by atoms with Gasteiger partial charge >= 0.3 is 0 Å². The van der Waals surface area contributed by atoms with Gasteiger partial charge in [0, 0.05) is 0 Å². The molecule has 0 aliphatic rings. The maximum absolute atomic E-state index is 10.1. The molecule has 0 spiro atoms. The molecule has 0 bridgehead atoms. The fraction of sp³-hybridized carbons (Fsp3) is 0.200. The first-order valence-corrected chi connectivity index (χ1v) is 2.36. The molecule has 8 heavy (non-hydrogen) atoms. The molecule has 0 saturated heterocycles. The van der Waals surface area contributed by atoms with E-state index in [1.54, 1.807) is 13.0 Å². The van der Waals surface area contributed by atoms with Crippen molar-refractivity contribution in [3.8, 4) is 6.07 Å². The van der Waals surface area contributed by atoms with Crippen LogP contribution in [-0.2, 0) is 4.79 Å². The highest BCUT2D eigenvalue weighted by atomic mass is 35.5. The van der Waals surface area contributed by atoms with Crippen LogP contribution in [0.3, 0.4) is 0 Å². The lowest BCUT2D eigenvalue weighted by molar-refractivity contribution is -0.108. The van der Waals surface area contributed by atoms with Crippen molar-refractivity contribution < 1.29 is 4.79 Å². The quantitative estimate of drug-likeness (QED) is 0.304. The van der Waals surface area contributed by atoms with E-state index in [-0.39, 0.29) is 5.57 Å². The zero-order valence-corrected chi connectivity index (χ0v) is 5.07. The van der Waals surface area contributed by atoms with Crippen LogP contribution in [0.2, 0.25) is 0 Å². The maximum atomic E-state index is 10.1. The van der Waals surface area contributed by atoms with Gasteiger partial charge in [0.25, 0.3) is 5.24 Å². The van der Waals surface area contributed by atoms with E-state index in [0.29, 0.717) is 0 Å². The van der Waals surface area contributed by atoms with Gasteiger partial charge in [0.15, 0.2) is 0 Å². The summed E-state index contributed by atoms with van der Waals surface area (Å²) in [6.45, 7) is 1.58. The summed E-state index contributed by atoms with van der Waals surface area (Å²) in [5.41, 5.74) is -0.00772. The second-order valence-corrected chi connectivity index (χ2v) is 1.43. The third-order valence-corrected chi connectivity index (χ3v) is 0.824. The minimum absolute atomic E-state index is 0.00772. The van der Waals surface area contributed by atoms with Crippen LogP contribution in [0.4, 0.5) is 0 Å². The summed E-state index contributed by atoms with van der Waals surface area (Å²) >= 11 is 4.91. The Morgan fingerprint density at radius 1 is 1.88 bits per heavy atom. The molecule has 42 valence electrons. The summed E-state index contributed by atoms with van der Waals surface area (Å²) in [4.78, 5) is 10.1. The lowest BCUT2D eigenvalue weighted by atomic mass is 10.3. The normalized spacial score (nSPS) is 10.4. The van der Waals surface area contributed by atoms with Gasteiger partial charge in [-0.05, 0) is 18.5 Å². The molecule has 0 saturated carbocycles. The Labute approximate surface area is 52.4 Å². The molecule has 0 aromatic heterocycles. The molecule has 0 atom stereocenters. The van der Waals surface area contributed by atoms with Crippen LogP contribution in [0.15, 0.2) is 11.6 Å². The first-order chi connectivity index (χ1) is 3.72. The van der Waals surface area contributed by atoms with Gasteiger partial charge in [0.2, 0.25) is 0 Å². The summed E-state index contributed by atoms with van der Waals surface area (Å²) in [5.74, 6) is 0.